The van der Waals surface area contributed by atoms with Crippen LogP contribution in [0.15, 0.2) is 66.7 Å². The first-order valence-corrected chi connectivity index (χ1v) is 12.0. The zero-order valence-corrected chi connectivity index (χ0v) is 19.7. The van der Waals surface area contributed by atoms with Crippen molar-refractivity contribution in [1.29, 1.82) is 0 Å². The second-order valence-corrected chi connectivity index (χ2v) is 9.59. The van der Waals surface area contributed by atoms with Crippen LogP contribution in [-0.4, -0.2) is 40.6 Å². The predicted molar refractivity (Wildman–Crippen MR) is 133 cm³/mol. The van der Waals surface area contributed by atoms with E-state index in [9.17, 15) is 18.0 Å². The smallest absolute Gasteiger partial charge is 0.255 e. The highest BCUT2D eigenvalue weighted by Gasteiger charge is 2.12. The Labute approximate surface area is 193 Å². The second kappa shape index (κ2) is 9.74. The third-order valence-electron chi connectivity index (χ3n) is 4.80. The van der Waals surface area contributed by atoms with Gasteiger partial charge in [-0.2, -0.15) is 0 Å². The van der Waals surface area contributed by atoms with Gasteiger partial charge >= 0.3 is 0 Å². The maximum absolute atomic E-state index is 12.8. The fraction of sp³-hybridized carbons (Fsp3) is 0.167. The quantitative estimate of drug-likeness (QED) is 0.489. The van der Waals surface area contributed by atoms with Crippen molar-refractivity contribution < 1.29 is 18.0 Å². The molecule has 0 aliphatic rings. The first-order chi connectivity index (χ1) is 15.5. The van der Waals surface area contributed by atoms with Crippen LogP contribution in [0.2, 0.25) is 0 Å². The largest absolute Gasteiger partial charge is 0.378 e. The number of aryl methyl sites for hydroxylation is 1. The Kier molecular flexibility index (Phi) is 7.03. The lowest BCUT2D eigenvalue weighted by Gasteiger charge is -2.14. The number of hydrogen-bond donors (Lipinski definition) is 3. The molecule has 2 amide bonds. The van der Waals surface area contributed by atoms with Gasteiger partial charge in [-0.3, -0.25) is 14.3 Å². The lowest BCUT2D eigenvalue weighted by molar-refractivity contribution is 0.101. The molecule has 3 rings (SSSR count). The fourth-order valence-electron chi connectivity index (χ4n) is 3.10. The topological polar surface area (TPSA) is 108 Å². The summed E-state index contributed by atoms with van der Waals surface area (Å²) in [7, 11) is 0.346. The van der Waals surface area contributed by atoms with Crippen LogP contribution < -0.4 is 20.3 Å². The summed E-state index contributed by atoms with van der Waals surface area (Å²) in [5, 5.41) is 5.67. The fourth-order valence-corrected chi connectivity index (χ4v) is 3.65. The molecule has 9 heteroatoms. The Morgan fingerprint density at radius 3 is 2.09 bits per heavy atom. The van der Waals surface area contributed by atoms with Gasteiger partial charge < -0.3 is 15.5 Å². The molecule has 0 aliphatic heterocycles. The van der Waals surface area contributed by atoms with Gasteiger partial charge in [0, 0.05) is 48.0 Å². The lowest BCUT2D eigenvalue weighted by Crippen LogP contribution is -2.16. The van der Waals surface area contributed by atoms with Gasteiger partial charge in [0.1, 0.15) is 0 Å². The van der Waals surface area contributed by atoms with E-state index in [1.165, 1.54) is 6.07 Å². The Hall–Kier alpha value is -3.85. The van der Waals surface area contributed by atoms with Crippen molar-refractivity contribution in [2.24, 2.45) is 0 Å². The van der Waals surface area contributed by atoms with E-state index in [0.717, 1.165) is 17.5 Å². The van der Waals surface area contributed by atoms with Gasteiger partial charge in [0.2, 0.25) is 10.0 Å². The summed E-state index contributed by atoms with van der Waals surface area (Å²) in [5.41, 5.74) is 3.88. The van der Waals surface area contributed by atoms with Gasteiger partial charge in [-0.15, -0.1) is 0 Å². The van der Waals surface area contributed by atoms with Crippen LogP contribution in [0.5, 0.6) is 0 Å². The number of carbonyl (C=O) groups is 2. The number of sulfonamides is 1. The monoisotopic (exact) mass is 466 g/mol. The number of nitrogens with one attached hydrogen (secondary N) is 3. The Morgan fingerprint density at radius 2 is 1.42 bits per heavy atom. The molecule has 8 nitrogen and oxygen atoms in total. The number of amides is 2. The average Bonchev–Trinajstić information content (AvgIpc) is 2.75. The van der Waals surface area contributed by atoms with E-state index in [2.05, 4.69) is 15.4 Å². The third kappa shape index (κ3) is 6.56. The summed E-state index contributed by atoms with van der Waals surface area (Å²) in [4.78, 5) is 27.4. The molecule has 3 aromatic carbocycles. The highest BCUT2D eigenvalue weighted by molar-refractivity contribution is 7.92. The maximum atomic E-state index is 12.8. The van der Waals surface area contributed by atoms with Crippen LogP contribution in [0.25, 0.3) is 0 Å². The summed E-state index contributed by atoms with van der Waals surface area (Å²) in [6.07, 6.45) is 1.04. The van der Waals surface area contributed by atoms with Gasteiger partial charge in [-0.1, -0.05) is 18.2 Å². The highest BCUT2D eigenvalue weighted by atomic mass is 32.2. The Morgan fingerprint density at radius 1 is 0.788 bits per heavy atom. The van der Waals surface area contributed by atoms with Crippen molar-refractivity contribution in [2.75, 3.05) is 40.6 Å². The Balaban J connectivity index is 1.77. The van der Waals surface area contributed by atoms with E-state index in [4.69, 9.17) is 0 Å². The van der Waals surface area contributed by atoms with Crippen LogP contribution in [0.4, 0.5) is 22.7 Å². The van der Waals surface area contributed by atoms with Crippen molar-refractivity contribution >= 4 is 44.6 Å². The molecule has 0 saturated heterocycles. The van der Waals surface area contributed by atoms with Crippen molar-refractivity contribution in [3.63, 3.8) is 0 Å². The third-order valence-corrected chi connectivity index (χ3v) is 5.40. The molecule has 3 N–H and O–H groups in total. The lowest BCUT2D eigenvalue weighted by atomic mass is 10.1. The highest BCUT2D eigenvalue weighted by Crippen LogP contribution is 2.23. The van der Waals surface area contributed by atoms with Crippen molar-refractivity contribution in [1.82, 2.24) is 0 Å². The zero-order chi connectivity index (χ0) is 24.2. The first-order valence-electron chi connectivity index (χ1n) is 10.1. The Bertz CT molecular complexity index is 1300. The second-order valence-electron chi connectivity index (χ2n) is 7.84. The minimum absolute atomic E-state index is 0.264. The first kappa shape index (κ1) is 23.8. The van der Waals surface area contributed by atoms with Crippen LogP contribution in [-0.2, 0) is 10.0 Å². The van der Waals surface area contributed by atoms with Crippen LogP contribution >= 0.6 is 0 Å². The summed E-state index contributed by atoms with van der Waals surface area (Å²) >= 11 is 0. The molecule has 0 fully saturated rings. The number of benzene rings is 3. The molecule has 0 atom stereocenters. The number of rotatable bonds is 7. The molecule has 172 valence electrons. The summed E-state index contributed by atoms with van der Waals surface area (Å²) < 4.78 is 25.2. The molecule has 0 aliphatic carbocycles. The van der Waals surface area contributed by atoms with E-state index in [1.54, 1.807) is 48.5 Å². The van der Waals surface area contributed by atoms with E-state index in [-0.39, 0.29) is 11.5 Å². The van der Waals surface area contributed by atoms with Gasteiger partial charge in [0.05, 0.1) is 6.26 Å². The number of anilines is 4. The van der Waals surface area contributed by atoms with E-state index in [1.807, 2.05) is 38.1 Å². The van der Waals surface area contributed by atoms with Gasteiger partial charge in [-0.25, -0.2) is 8.42 Å². The minimum atomic E-state index is -3.46. The van der Waals surface area contributed by atoms with Crippen molar-refractivity contribution in [3.8, 4) is 0 Å². The molecular formula is C24H26N4O4S. The van der Waals surface area contributed by atoms with Crippen molar-refractivity contribution in [3.05, 3.63) is 83.4 Å². The molecule has 0 radical (unpaired) electrons. The standard InChI is InChI=1S/C24H26N4O4S/c1-16-11-12-19(25-23(29)18-8-6-10-21(14-18)28(2)3)15-22(16)26-24(30)17-7-5-9-20(13-17)27-33(4,31)32/h5-15,27H,1-4H3,(H,25,29)(H,26,30). The summed E-state index contributed by atoms with van der Waals surface area (Å²) in [6.45, 7) is 1.84. The number of carbonyl (C=O) groups excluding carboxylic acids is 2. The van der Waals surface area contributed by atoms with Crippen LogP contribution in [0, 0.1) is 6.92 Å². The van der Waals surface area contributed by atoms with E-state index >= 15 is 0 Å². The molecule has 0 saturated carbocycles. The SMILES string of the molecule is Cc1ccc(NC(=O)c2cccc(N(C)C)c2)cc1NC(=O)c1cccc(NS(C)(=O)=O)c1. The van der Waals surface area contributed by atoms with Gasteiger partial charge in [-0.05, 0) is 61.0 Å². The number of hydrogen-bond acceptors (Lipinski definition) is 5. The number of nitrogens with zero attached hydrogens (tertiary/aromatic N) is 1. The molecule has 3 aromatic rings. The van der Waals surface area contributed by atoms with E-state index < -0.39 is 15.9 Å². The van der Waals surface area contributed by atoms with Crippen LogP contribution in [0.1, 0.15) is 26.3 Å². The van der Waals surface area contributed by atoms with Gasteiger partial charge in [0.15, 0.2) is 0 Å². The molecule has 0 aromatic heterocycles. The molecule has 0 spiro atoms. The van der Waals surface area contributed by atoms with Gasteiger partial charge in [0.25, 0.3) is 11.8 Å². The molecule has 0 heterocycles. The molecule has 0 unspecified atom stereocenters. The molecule has 33 heavy (non-hydrogen) atoms. The normalized spacial score (nSPS) is 10.9. The average molecular weight is 467 g/mol. The maximum Gasteiger partial charge on any atom is 0.255 e. The zero-order valence-electron chi connectivity index (χ0n) is 18.8. The minimum Gasteiger partial charge on any atom is -0.378 e. The molecular weight excluding hydrogens is 440 g/mol. The predicted octanol–water partition coefficient (Wildman–Crippen LogP) is 3.94. The van der Waals surface area contributed by atoms with E-state index in [0.29, 0.717) is 22.6 Å². The summed E-state index contributed by atoms with van der Waals surface area (Å²) in [6, 6.07) is 18.7. The van der Waals surface area contributed by atoms with Crippen molar-refractivity contribution in [2.45, 2.75) is 6.92 Å². The molecule has 0 bridgehead atoms. The summed E-state index contributed by atoms with van der Waals surface area (Å²) in [5.74, 6) is -0.670. The van der Waals surface area contributed by atoms with Crippen LogP contribution in [0.3, 0.4) is 0 Å².